The van der Waals surface area contributed by atoms with E-state index in [4.69, 9.17) is 30.8 Å². The number of nitrogen functional groups attached to an aromatic ring is 1. The second kappa shape index (κ2) is 15.4. The summed E-state index contributed by atoms with van der Waals surface area (Å²) < 4.78 is 70.4. The minimum Gasteiger partial charge on any atom is -0.490 e. The normalized spacial score (nSPS) is 12.9. The number of rotatable bonds is 12. The molecule has 0 aliphatic rings. The lowest BCUT2D eigenvalue weighted by Gasteiger charge is -2.35. The van der Waals surface area contributed by atoms with Gasteiger partial charge in [0, 0.05) is 23.7 Å². The van der Waals surface area contributed by atoms with Crippen LogP contribution in [0.25, 0.3) is 10.8 Å². The third-order valence-corrected chi connectivity index (χ3v) is 9.52. The molecule has 0 saturated heterocycles. The number of hydrogen-bond acceptors (Lipinski definition) is 9. The number of benzene rings is 3. The lowest BCUT2D eigenvalue weighted by Crippen LogP contribution is -2.49. The first-order valence-corrected chi connectivity index (χ1v) is 16.7. The molecule has 11 nitrogen and oxygen atoms in total. The van der Waals surface area contributed by atoms with Gasteiger partial charge in [-0.2, -0.15) is 13.2 Å². The average Bonchev–Trinajstić information content (AvgIpc) is 3.01. The zero-order chi connectivity index (χ0) is 36.7. The van der Waals surface area contributed by atoms with Crippen LogP contribution in [-0.2, 0) is 31.4 Å². The van der Waals surface area contributed by atoms with E-state index in [1.54, 1.807) is 68.6 Å². The van der Waals surface area contributed by atoms with Gasteiger partial charge in [-0.3, -0.25) is 4.79 Å². The van der Waals surface area contributed by atoms with Gasteiger partial charge in [0.25, 0.3) is 0 Å². The van der Waals surface area contributed by atoms with Crippen molar-refractivity contribution < 1.29 is 45.8 Å². The lowest BCUT2D eigenvalue weighted by atomic mass is 9.82. The number of hydrogen-bond donors (Lipinski definition) is 4. The van der Waals surface area contributed by atoms with Gasteiger partial charge in [-0.1, -0.05) is 24.3 Å². The number of anilines is 2. The molecule has 1 unspecified atom stereocenters. The Hall–Kier alpha value is -5.05. The van der Waals surface area contributed by atoms with E-state index >= 15 is 0 Å². The SMILES string of the molecule is CCOc1cc(C(Cc2ccccc2S(=O)(=O)C(C)C)(Nc2ccc3c(N)nccc3c2)C(N)=O)ccc1OC(C)C.O=C(O)C(F)(F)F. The van der Waals surface area contributed by atoms with E-state index in [1.807, 2.05) is 39.0 Å². The summed E-state index contributed by atoms with van der Waals surface area (Å²) in [5.41, 5.74) is 12.2. The molecule has 1 amide bonds. The van der Waals surface area contributed by atoms with Gasteiger partial charge in [0.05, 0.1) is 22.9 Å². The maximum Gasteiger partial charge on any atom is 0.490 e. The minimum absolute atomic E-state index is 0.0586. The summed E-state index contributed by atoms with van der Waals surface area (Å²) in [5, 5.41) is 11.4. The van der Waals surface area contributed by atoms with Crippen molar-refractivity contribution in [3.63, 3.8) is 0 Å². The van der Waals surface area contributed by atoms with Crippen molar-refractivity contribution in [1.82, 2.24) is 4.98 Å². The van der Waals surface area contributed by atoms with Crippen molar-refractivity contribution in [3.05, 3.63) is 84.1 Å². The number of nitrogens with zero attached hydrogens (tertiary/aromatic N) is 1. The van der Waals surface area contributed by atoms with Crippen LogP contribution < -0.4 is 26.3 Å². The van der Waals surface area contributed by atoms with Crippen LogP contribution in [0.4, 0.5) is 24.7 Å². The van der Waals surface area contributed by atoms with E-state index in [0.29, 0.717) is 40.7 Å². The molecule has 0 bridgehead atoms. The topological polar surface area (TPSA) is 184 Å². The highest BCUT2D eigenvalue weighted by Gasteiger charge is 2.41. The van der Waals surface area contributed by atoms with Crippen LogP contribution in [-0.4, -0.2) is 54.5 Å². The molecule has 49 heavy (non-hydrogen) atoms. The van der Waals surface area contributed by atoms with Gasteiger partial charge in [-0.05, 0) is 93.6 Å². The van der Waals surface area contributed by atoms with Crippen LogP contribution in [0.2, 0.25) is 0 Å². The molecule has 4 aromatic rings. The molecule has 0 spiro atoms. The van der Waals surface area contributed by atoms with E-state index < -0.39 is 38.7 Å². The number of carboxylic acid groups (broad SMARTS) is 1. The molecule has 0 radical (unpaired) electrons. The highest BCUT2D eigenvalue weighted by molar-refractivity contribution is 7.92. The number of primary amides is 1. The van der Waals surface area contributed by atoms with Crippen molar-refractivity contribution in [2.75, 3.05) is 17.7 Å². The highest BCUT2D eigenvalue weighted by Crippen LogP contribution is 2.39. The van der Waals surface area contributed by atoms with Gasteiger partial charge >= 0.3 is 12.1 Å². The summed E-state index contributed by atoms with van der Waals surface area (Å²) >= 11 is 0. The first-order valence-electron chi connectivity index (χ1n) is 15.1. The molecule has 3 aromatic carbocycles. The molecule has 0 saturated carbocycles. The first-order chi connectivity index (χ1) is 22.8. The molecule has 1 heterocycles. The molecule has 264 valence electrons. The third kappa shape index (κ3) is 9.10. The number of fused-ring (bicyclic) bond motifs is 1. The fourth-order valence-electron chi connectivity index (χ4n) is 4.90. The molecule has 1 atom stereocenters. The van der Waals surface area contributed by atoms with Crippen LogP contribution in [0.3, 0.4) is 0 Å². The smallest absolute Gasteiger partial charge is 0.490 e. The maximum absolute atomic E-state index is 13.7. The predicted molar refractivity (Wildman–Crippen MR) is 180 cm³/mol. The number of amides is 1. The zero-order valence-corrected chi connectivity index (χ0v) is 28.4. The average molecular weight is 705 g/mol. The second-order valence-electron chi connectivity index (χ2n) is 11.5. The Morgan fingerprint density at radius 2 is 1.63 bits per heavy atom. The Labute approximate surface area is 282 Å². The fraction of sp³-hybridized carbons (Fsp3) is 0.324. The lowest BCUT2D eigenvalue weighted by molar-refractivity contribution is -0.192. The Kier molecular flexibility index (Phi) is 12.1. The molecular weight excluding hydrogens is 665 g/mol. The third-order valence-electron chi connectivity index (χ3n) is 7.27. The number of aliphatic carboxylic acids is 1. The second-order valence-corrected chi connectivity index (χ2v) is 13.9. The van der Waals surface area contributed by atoms with Crippen molar-refractivity contribution in [2.24, 2.45) is 5.73 Å². The molecule has 15 heteroatoms. The summed E-state index contributed by atoms with van der Waals surface area (Å²) in [7, 11) is -3.68. The van der Waals surface area contributed by atoms with Gasteiger partial charge in [-0.25, -0.2) is 18.2 Å². The standard InChI is InChI=1S/C32H38N4O5S.C2HF3O2/c1-6-40-28-18-24(11-14-27(28)41-20(2)3)32(31(34)37,19-23-9-7-8-10-29(23)42(38,39)21(4)5)36-25-12-13-26-22(17-25)15-16-35-30(26)33;3-2(4,5)1(6)7/h7-18,20-21,36H,6,19H2,1-5H3,(H2,33,35)(H2,34,37);(H,6,7). The molecule has 4 rings (SSSR count). The number of carbonyl (C=O) groups excluding carboxylic acids is 1. The number of ether oxygens (including phenoxy) is 2. The highest BCUT2D eigenvalue weighted by atomic mass is 32.2. The molecule has 0 aliphatic heterocycles. The van der Waals surface area contributed by atoms with E-state index in [0.717, 1.165) is 10.8 Å². The quantitative estimate of drug-likeness (QED) is 0.139. The zero-order valence-electron chi connectivity index (χ0n) is 27.5. The van der Waals surface area contributed by atoms with Crippen LogP contribution in [0.5, 0.6) is 11.5 Å². The number of carbonyl (C=O) groups is 2. The monoisotopic (exact) mass is 704 g/mol. The van der Waals surface area contributed by atoms with Gasteiger partial charge in [0.1, 0.15) is 11.4 Å². The predicted octanol–water partition coefficient (Wildman–Crippen LogP) is 5.85. The number of carboxylic acids is 1. The van der Waals surface area contributed by atoms with Crippen LogP contribution >= 0.6 is 0 Å². The van der Waals surface area contributed by atoms with Crippen molar-refractivity contribution in [2.45, 2.75) is 69.0 Å². The first kappa shape index (κ1) is 38.4. The number of sulfone groups is 1. The van der Waals surface area contributed by atoms with E-state index in [1.165, 1.54) is 0 Å². The van der Waals surface area contributed by atoms with Gasteiger partial charge in [0.15, 0.2) is 21.3 Å². The van der Waals surface area contributed by atoms with Gasteiger partial charge < -0.3 is 31.4 Å². The van der Waals surface area contributed by atoms with E-state index in [-0.39, 0.29) is 17.4 Å². The van der Waals surface area contributed by atoms with E-state index in [2.05, 4.69) is 10.3 Å². The molecule has 1 aromatic heterocycles. The van der Waals surface area contributed by atoms with Crippen LogP contribution in [0.15, 0.2) is 77.8 Å². The Bertz CT molecular complexity index is 1920. The number of aromatic nitrogens is 1. The van der Waals surface area contributed by atoms with Gasteiger partial charge in [-0.15, -0.1) is 0 Å². The Morgan fingerprint density at radius 1 is 0.980 bits per heavy atom. The summed E-state index contributed by atoms with van der Waals surface area (Å²) in [5.74, 6) is -2.11. The van der Waals surface area contributed by atoms with Gasteiger partial charge in [0.2, 0.25) is 5.91 Å². The Morgan fingerprint density at radius 3 is 2.20 bits per heavy atom. The summed E-state index contributed by atoms with van der Waals surface area (Å²) in [6, 6.07) is 19.2. The summed E-state index contributed by atoms with van der Waals surface area (Å²) in [6.45, 7) is 9.30. The van der Waals surface area contributed by atoms with Crippen molar-refractivity contribution >= 4 is 44.0 Å². The van der Waals surface area contributed by atoms with Crippen LogP contribution in [0.1, 0.15) is 45.7 Å². The number of nitrogens with one attached hydrogen (secondary N) is 1. The number of pyridine rings is 1. The molecular formula is C34H39F3N4O7S. The number of halogens is 3. The number of nitrogens with two attached hydrogens (primary N) is 2. The summed E-state index contributed by atoms with van der Waals surface area (Å²) in [6.07, 6.45) is -3.64. The molecule has 6 N–H and O–H groups in total. The molecule has 0 fully saturated rings. The Balaban J connectivity index is 0.000000838. The summed E-state index contributed by atoms with van der Waals surface area (Å²) in [4.78, 5) is 26.9. The van der Waals surface area contributed by atoms with Crippen molar-refractivity contribution in [3.8, 4) is 11.5 Å². The largest absolute Gasteiger partial charge is 0.490 e. The van der Waals surface area contributed by atoms with Crippen LogP contribution in [0, 0.1) is 0 Å². The number of alkyl halides is 3. The fourth-order valence-corrected chi connectivity index (χ4v) is 6.18. The minimum atomic E-state index is -5.08. The molecule has 0 aliphatic carbocycles. The maximum atomic E-state index is 13.7. The van der Waals surface area contributed by atoms with Crippen molar-refractivity contribution in [1.29, 1.82) is 0 Å². The van der Waals surface area contributed by atoms with E-state index in [9.17, 15) is 26.4 Å².